The van der Waals surface area contributed by atoms with Gasteiger partial charge < -0.3 is 14.6 Å². The Morgan fingerprint density at radius 3 is 2.59 bits per heavy atom. The lowest BCUT2D eigenvalue weighted by atomic mass is 10.2. The van der Waals surface area contributed by atoms with Crippen LogP contribution in [0.1, 0.15) is 5.56 Å². The first-order valence-electron chi connectivity index (χ1n) is 6.80. The van der Waals surface area contributed by atoms with Gasteiger partial charge in [-0.1, -0.05) is 42.8 Å². The maximum absolute atomic E-state index is 10.6. The lowest BCUT2D eigenvalue weighted by Crippen LogP contribution is -2.22. The Hall–Kier alpha value is -1.01. The Morgan fingerprint density at radius 2 is 2.00 bits per heavy atom. The van der Waals surface area contributed by atoms with Crippen LogP contribution in [0.25, 0.3) is 6.08 Å². The van der Waals surface area contributed by atoms with Gasteiger partial charge in [0.05, 0.1) is 10.0 Å². The van der Waals surface area contributed by atoms with Crippen LogP contribution in [0.5, 0.6) is 5.75 Å². The van der Waals surface area contributed by atoms with Crippen molar-refractivity contribution in [3.8, 4) is 5.75 Å². The summed E-state index contributed by atoms with van der Waals surface area (Å²) in [4.78, 5) is 10.6. The fourth-order valence-electron chi connectivity index (χ4n) is 1.53. The number of halogens is 2. The first kappa shape index (κ1) is 19.0. The third kappa shape index (κ3) is 6.83. The molecule has 22 heavy (non-hydrogen) atoms. The van der Waals surface area contributed by atoms with Crippen LogP contribution in [0.15, 0.2) is 18.2 Å². The highest BCUT2D eigenvalue weighted by Crippen LogP contribution is 2.34. The zero-order chi connectivity index (χ0) is 16.8. The quantitative estimate of drug-likeness (QED) is 0.312. The average Bonchev–Trinajstić information content (AvgIpc) is 2.40. The Bertz CT molecular complexity index is 553. The summed E-state index contributed by atoms with van der Waals surface area (Å²) < 4.78 is 11.0. The van der Waals surface area contributed by atoms with Gasteiger partial charge in [0.2, 0.25) is 0 Å². The second kappa shape index (κ2) is 8.58. The fraction of sp³-hybridized carbons (Fsp3) is 0.400. The van der Waals surface area contributed by atoms with Crippen molar-refractivity contribution < 1.29 is 19.4 Å². The fourth-order valence-corrected chi connectivity index (χ4v) is 2.67. The summed E-state index contributed by atoms with van der Waals surface area (Å²) in [5.41, 5.74) is 0.422. The van der Waals surface area contributed by atoms with Crippen LogP contribution in [0, 0.1) is 0 Å². The monoisotopic (exact) mass is 362 g/mol. The summed E-state index contributed by atoms with van der Waals surface area (Å²) in [6, 6.07) is 4.28. The average molecular weight is 363 g/mol. The van der Waals surface area contributed by atoms with Crippen LogP contribution in [0.3, 0.4) is 0 Å². The van der Waals surface area contributed by atoms with Gasteiger partial charge >= 0.3 is 5.97 Å². The van der Waals surface area contributed by atoms with Crippen molar-refractivity contribution in [3.05, 3.63) is 33.8 Å². The SMILES string of the molecule is C[Si](C)(C)CCOCOc1ccc(Cl)c(Cl)c1/C=C/C(=O)O. The lowest BCUT2D eigenvalue weighted by Gasteiger charge is -2.16. The second-order valence-corrected chi connectivity index (χ2v) is 12.3. The summed E-state index contributed by atoms with van der Waals surface area (Å²) in [6.07, 6.45) is 2.34. The summed E-state index contributed by atoms with van der Waals surface area (Å²) in [5.74, 6) is -0.645. The van der Waals surface area contributed by atoms with Gasteiger partial charge in [0.25, 0.3) is 0 Å². The van der Waals surface area contributed by atoms with E-state index in [9.17, 15) is 4.79 Å². The van der Waals surface area contributed by atoms with Crippen LogP contribution < -0.4 is 4.74 Å². The van der Waals surface area contributed by atoms with E-state index in [-0.39, 0.29) is 11.8 Å². The van der Waals surface area contributed by atoms with E-state index >= 15 is 0 Å². The smallest absolute Gasteiger partial charge is 0.328 e. The molecule has 0 aliphatic heterocycles. The minimum Gasteiger partial charge on any atom is -0.478 e. The molecule has 0 unspecified atom stereocenters. The summed E-state index contributed by atoms with van der Waals surface area (Å²) in [5, 5.41) is 9.30. The predicted molar refractivity (Wildman–Crippen MR) is 92.7 cm³/mol. The molecule has 0 aromatic heterocycles. The van der Waals surface area contributed by atoms with Gasteiger partial charge in [0.1, 0.15) is 5.75 Å². The lowest BCUT2D eigenvalue weighted by molar-refractivity contribution is -0.131. The molecule has 1 aromatic carbocycles. The largest absolute Gasteiger partial charge is 0.478 e. The Morgan fingerprint density at radius 1 is 1.32 bits per heavy atom. The van der Waals surface area contributed by atoms with Gasteiger partial charge in [-0.15, -0.1) is 0 Å². The number of hydrogen-bond acceptors (Lipinski definition) is 3. The van der Waals surface area contributed by atoms with Crippen molar-refractivity contribution >= 4 is 43.3 Å². The molecule has 1 N–H and O–H groups in total. The molecule has 0 saturated carbocycles. The van der Waals surface area contributed by atoms with Gasteiger partial charge in [0.15, 0.2) is 6.79 Å². The van der Waals surface area contributed by atoms with E-state index in [1.807, 2.05) is 0 Å². The van der Waals surface area contributed by atoms with Gasteiger partial charge in [-0.3, -0.25) is 0 Å². The van der Waals surface area contributed by atoms with Gasteiger partial charge in [0, 0.05) is 26.3 Å². The molecule has 0 spiro atoms. The van der Waals surface area contributed by atoms with E-state index in [0.717, 1.165) is 12.1 Å². The van der Waals surface area contributed by atoms with E-state index in [1.165, 1.54) is 6.08 Å². The first-order chi connectivity index (χ1) is 10.2. The Labute approximate surface area is 141 Å². The molecule has 0 atom stereocenters. The van der Waals surface area contributed by atoms with E-state index in [4.69, 9.17) is 37.8 Å². The zero-order valence-electron chi connectivity index (χ0n) is 12.9. The van der Waals surface area contributed by atoms with Crippen LogP contribution in [-0.4, -0.2) is 32.5 Å². The van der Waals surface area contributed by atoms with E-state index in [1.54, 1.807) is 12.1 Å². The molecule has 0 heterocycles. The van der Waals surface area contributed by atoms with E-state index < -0.39 is 14.0 Å². The van der Waals surface area contributed by atoms with Crippen molar-refractivity contribution in [3.63, 3.8) is 0 Å². The zero-order valence-corrected chi connectivity index (χ0v) is 15.4. The predicted octanol–water partition coefficient (Wildman–Crippen LogP) is 4.78. The maximum atomic E-state index is 10.6. The van der Waals surface area contributed by atoms with Gasteiger partial charge in [-0.25, -0.2) is 4.79 Å². The minimum atomic E-state index is -1.13. The van der Waals surface area contributed by atoms with Crippen molar-refractivity contribution in [2.24, 2.45) is 0 Å². The molecular weight excluding hydrogens is 343 g/mol. The van der Waals surface area contributed by atoms with E-state index in [2.05, 4.69) is 19.6 Å². The van der Waals surface area contributed by atoms with Crippen LogP contribution in [0.4, 0.5) is 0 Å². The number of carboxylic acid groups (broad SMARTS) is 1. The van der Waals surface area contributed by atoms with Crippen LogP contribution in [-0.2, 0) is 9.53 Å². The maximum Gasteiger partial charge on any atom is 0.328 e. The Balaban J connectivity index is 2.70. The molecular formula is C15H20Cl2O4Si. The number of benzene rings is 1. The summed E-state index contributed by atoms with van der Waals surface area (Å²) in [7, 11) is -1.13. The number of aliphatic carboxylic acids is 1. The summed E-state index contributed by atoms with van der Waals surface area (Å²) in [6.45, 7) is 7.52. The van der Waals surface area contributed by atoms with Crippen molar-refractivity contribution in [2.75, 3.05) is 13.4 Å². The van der Waals surface area contributed by atoms with Crippen molar-refractivity contribution in [2.45, 2.75) is 25.7 Å². The molecule has 122 valence electrons. The molecule has 0 aliphatic rings. The summed E-state index contributed by atoms with van der Waals surface area (Å²) >= 11 is 12.0. The molecule has 1 rings (SSSR count). The molecule has 0 radical (unpaired) electrons. The number of carbonyl (C=O) groups is 1. The molecule has 0 bridgehead atoms. The molecule has 0 amide bonds. The third-order valence-corrected chi connectivity index (χ3v) is 5.30. The van der Waals surface area contributed by atoms with Crippen LogP contribution in [0.2, 0.25) is 35.7 Å². The molecule has 0 fully saturated rings. The molecule has 0 saturated heterocycles. The second-order valence-electron chi connectivity index (χ2n) is 5.93. The number of hydrogen-bond donors (Lipinski definition) is 1. The molecule has 0 aliphatic carbocycles. The highest BCUT2D eigenvalue weighted by Gasteiger charge is 2.13. The third-order valence-electron chi connectivity index (χ3n) is 2.78. The Kier molecular flexibility index (Phi) is 7.42. The van der Waals surface area contributed by atoms with E-state index in [0.29, 0.717) is 22.9 Å². The van der Waals surface area contributed by atoms with Crippen molar-refractivity contribution in [1.29, 1.82) is 0 Å². The first-order valence-corrected chi connectivity index (χ1v) is 11.3. The van der Waals surface area contributed by atoms with Crippen LogP contribution >= 0.6 is 23.2 Å². The normalized spacial score (nSPS) is 11.9. The molecule has 1 aromatic rings. The number of rotatable bonds is 8. The van der Waals surface area contributed by atoms with Gasteiger partial charge in [-0.2, -0.15) is 0 Å². The topological polar surface area (TPSA) is 55.8 Å². The highest BCUT2D eigenvalue weighted by atomic mass is 35.5. The standard InChI is InChI=1S/C15H20Cl2O4Si/c1-22(2,3)9-8-20-10-21-13-6-5-12(16)15(17)11(13)4-7-14(18)19/h4-7H,8-10H2,1-3H3,(H,18,19)/b7-4+. The molecule has 4 nitrogen and oxygen atoms in total. The molecule has 7 heteroatoms. The highest BCUT2D eigenvalue weighted by molar-refractivity contribution is 6.76. The van der Waals surface area contributed by atoms with Crippen molar-refractivity contribution in [1.82, 2.24) is 0 Å². The minimum absolute atomic E-state index is 0.0797. The van der Waals surface area contributed by atoms with Gasteiger partial charge in [-0.05, 0) is 24.3 Å². The number of carboxylic acids is 1. The number of ether oxygens (including phenoxy) is 2.